The number of anilines is 1. The van der Waals surface area contributed by atoms with Crippen molar-refractivity contribution in [1.29, 1.82) is 0 Å². The van der Waals surface area contributed by atoms with Gasteiger partial charge in [-0.2, -0.15) is 4.98 Å². The lowest BCUT2D eigenvalue weighted by Gasteiger charge is -2.22. The summed E-state index contributed by atoms with van der Waals surface area (Å²) in [6.45, 7) is 7.52. The second kappa shape index (κ2) is 6.73. The topological polar surface area (TPSA) is 71.3 Å². The summed E-state index contributed by atoms with van der Waals surface area (Å²) < 4.78 is 5.36. The first-order chi connectivity index (χ1) is 11.4. The number of hydrogen-bond acceptors (Lipinski definition) is 5. The first kappa shape index (κ1) is 16.6. The molecule has 1 saturated heterocycles. The van der Waals surface area contributed by atoms with E-state index in [1.54, 1.807) is 0 Å². The smallest absolute Gasteiger partial charge is 0.241 e. The molecule has 1 aliphatic heterocycles. The summed E-state index contributed by atoms with van der Waals surface area (Å²) in [6.07, 6.45) is 1.84. The number of carbonyl (C=O) groups is 1. The summed E-state index contributed by atoms with van der Waals surface area (Å²) in [6, 6.07) is 9.38. The van der Waals surface area contributed by atoms with Crippen LogP contribution in [0.4, 0.5) is 5.69 Å². The van der Waals surface area contributed by atoms with E-state index in [2.05, 4.69) is 20.4 Å². The first-order valence-corrected chi connectivity index (χ1v) is 8.36. The highest BCUT2D eigenvalue weighted by atomic mass is 16.5. The summed E-state index contributed by atoms with van der Waals surface area (Å²) in [5.74, 6) is 1.29. The summed E-state index contributed by atoms with van der Waals surface area (Å²) in [4.78, 5) is 19.1. The summed E-state index contributed by atoms with van der Waals surface area (Å²) in [5, 5.41) is 7.04. The number of rotatable bonds is 4. The maximum Gasteiger partial charge on any atom is 0.241 e. The second-order valence-corrected chi connectivity index (χ2v) is 7.25. The predicted molar refractivity (Wildman–Crippen MR) is 91.5 cm³/mol. The molecule has 1 atom stereocenters. The van der Waals surface area contributed by atoms with Gasteiger partial charge in [0.15, 0.2) is 5.82 Å². The number of nitrogens with zero attached hydrogens (tertiary/aromatic N) is 3. The molecule has 24 heavy (non-hydrogen) atoms. The number of nitrogens with one attached hydrogen (secondary N) is 1. The van der Waals surface area contributed by atoms with Gasteiger partial charge in [0, 0.05) is 11.1 Å². The highest BCUT2D eigenvalue weighted by Crippen LogP contribution is 2.23. The van der Waals surface area contributed by atoms with Crippen molar-refractivity contribution in [3.05, 3.63) is 42.0 Å². The van der Waals surface area contributed by atoms with E-state index in [4.69, 9.17) is 4.52 Å². The molecule has 0 aliphatic carbocycles. The predicted octanol–water partition coefficient (Wildman–Crippen LogP) is 2.97. The number of aromatic nitrogens is 2. The van der Waals surface area contributed by atoms with Crippen LogP contribution in [0.15, 0.2) is 34.9 Å². The Bertz CT molecular complexity index is 691. The van der Waals surface area contributed by atoms with Crippen LogP contribution in [0.1, 0.15) is 45.3 Å². The Labute approximate surface area is 142 Å². The normalized spacial score (nSPS) is 18.7. The van der Waals surface area contributed by atoms with E-state index in [-0.39, 0.29) is 17.4 Å². The number of carbonyl (C=O) groups excluding carboxylic acids is 1. The zero-order valence-corrected chi connectivity index (χ0v) is 14.5. The molecule has 1 amide bonds. The number of para-hydroxylation sites is 1. The maximum absolute atomic E-state index is 12.6. The average molecular weight is 328 g/mol. The average Bonchev–Trinajstić information content (AvgIpc) is 3.17. The molecule has 1 N–H and O–H groups in total. The fraction of sp³-hybridized carbons (Fsp3) is 0.500. The Hall–Kier alpha value is -2.21. The third kappa shape index (κ3) is 3.82. The summed E-state index contributed by atoms with van der Waals surface area (Å²) in [7, 11) is 0. The molecule has 128 valence electrons. The SMILES string of the molecule is CC(C)(C)c1noc(CN2CCC[C@@H]2C(=O)Nc2ccccc2)n1. The molecule has 2 heterocycles. The quantitative estimate of drug-likeness (QED) is 0.934. The molecule has 0 bridgehead atoms. The monoisotopic (exact) mass is 328 g/mol. The highest BCUT2D eigenvalue weighted by molar-refractivity contribution is 5.94. The molecular formula is C18H24N4O2. The number of likely N-dealkylation sites (tertiary alicyclic amines) is 1. The number of benzene rings is 1. The minimum absolute atomic E-state index is 0.0225. The van der Waals surface area contributed by atoms with Crippen LogP contribution in [0.25, 0.3) is 0 Å². The number of amides is 1. The van der Waals surface area contributed by atoms with Crippen molar-refractivity contribution in [1.82, 2.24) is 15.0 Å². The van der Waals surface area contributed by atoms with Gasteiger partial charge in [0.2, 0.25) is 11.8 Å². The van der Waals surface area contributed by atoms with Gasteiger partial charge < -0.3 is 9.84 Å². The van der Waals surface area contributed by atoms with Gasteiger partial charge in [-0.15, -0.1) is 0 Å². The van der Waals surface area contributed by atoms with Gasteiger partial charge in [-0.25, -0.2) is 0 Å². The van der Waals surface area contributed by atoms with E-state index >= 15 is 0 Å². The van der Waals surface area contributed by atoms with E-state index in [0.717, 1.165) is 25.1 Å². The molecule has 2 aromatic rings. The van der Waals surface area contributed by atoms with Crippen molar-refractivity contribution in [3.63, 3.8) is 0 Å². The minimum atomic E-state index is -0.157. The number of hydrogen-bond donors (Lipinski definition) is 1. The van der Waals surface area contributed by atoms with Crippen LogP contribution in [-0.2, 0) is 16.8 Å². The van der Waals surface area contributed by atoms with Crippen molar-refractivity contribution in [3.8, 4) is 0 Å². The Morgan fingerprint density at radius 2 is 2.08 bits per heavy atom. The van der Waals surface area contributed by atoms with Crippen LogP contribution in [0.3, 0.4) is 0 Å². The molecule has 1 fully saturated rings. The lowest BCUT2D eigenvalue weighted by molar-refractivity contribution is -0.120. The van der Waals surface area contributed by atoms with Crippen molar-refractivity contribution in [2.45, 2.75) is 51.6 Å². The third-order valence-corrected chi connectivity index (χ3v) is 4.18. The highest BCUT2D eigenvalue weighted by Gasteiger charge is 2.32. The lowest BCUT2D eigenvalue weighted by atomic mass is 9.96. The summed E-state index contributed by atoms with van der Waals surface area (Å²) in [5.41, 5.74) is 0.679. The first-order valence-electron chi connectivity index (χ1n) is 8.36. The molecule has 0 saturated carbocycles. The lowest BCUT2D eigenvalue weighted by Crippen LogP contribution is -2.39. The van der Waals surface area contributed by atoms with E-state index in [0.29, 0.717) is 18.3 Å². The Balaban J connectivity index is 1.65. The van der Waals surface area contributed by atoms with Crippen molar-refractivity contribution >= 4 is 11.6 Å². The second-order valence-electron chi connectivity index (χ2n) is 7.25. The van der Waals surface area contributed by atoms with Gasteiger partial charge in [-0.05, 0) is 31.5 Å². The van der Waals surface area contributed by atoms with Crippen LogP contribution < -0.4 is 5.32 Å². The van der Waals surface area contributed by atoms with Gasteiger partial charge >= 0.3 is 0 Å². The molecule has 6 heteroatoms. The van der Waals surface area contributed by atoms with Gasteiger partial charge in [-0.1, -0.05) is 44.1 Å². The minimum Gasteiger partial charge on any atom is -0.338 e. The molecule has 6 nitrogen and oxygen atoms in total. The van der Waals surface area contributed by atoms with Crippen LogP contribution in [0.2, 0.25) is 0 Å². The zero-order chi connectivity index (χ0) is 17.2. The molecule has 1 aromatic heterocycles. The fourth-order valence-corrected chi connectivity index (χ4v) is 2.86. The Kier molecular flexibility index (Phi) is 4.66. The van der Waals surface area contributed by atoms with Crippen molar-refractivity contribution < 1.29 is 9.32 Å². The van der Waals surface area contributed by atoms with Crippen LogP contribution in [0, 0.1) is 0 Å². The molecule has 1 aliphatic rings. The van der Waals surface area contributed by atoms with Crippen molar-refractivity contribution in [2.24, 2.45) is 0 Å². The molecule has 0 spiro atoms. The molecule has 0 unspecified atom stereocenters. The molecule has 1 aromatic carbocycles. The van der Waals surface area contributed by atoms with E-state index in [1.165, 1.54) is 0 Å². The molecule has 0 radical (unpaired) electrons. The maximum atomic E-state index is 12.6. The van der Waals surface area contributed by atoms with Crippen LogP contribution >= 0.6 is 0 Å². The third-order valence-electron chi connectivity index (χ3n) is 4.18. The van der Waals surface area contributed by atoms with Gasteiger partial charge in [0.1, 0.15) is 0 Å². The van der Waals surface area contributed by atoms with E-state index < -0.39 is 0 Å². The van der Waals surface area contributed by atoms with Gasteiger partial charge in [0.25, 0.3) is 0 Å². The largest absolute Gasteiger partial charge is 0.338 e. The van der Waals surface area contributed by atoms with Crippen LogP contribution in [-0.4, -0.2) is 33.5 Å². The Morgan fingerprint density at radius 3 is 2.75 bits per heavy atom. The van der Waals surface area contributed by atoms with E-state index in [9.17, 15) is 4.79 Å². The molecule has 3 rings (SSSR count). The Morgan fingerprint density at radius 1 is 1.33 bits per heavy atom. The van der Waals surface area contributed by atoms with Gasteiger partial charge in [-0.3, -0.25) is 9.69 Å². The molecular weight excluding hydrogens is 304 g/mol. The summed E-state index contributed by atoms with van der Waals surface area (Å²) >= 11 is 0. The van der Waals surface area contributed by atoms with Crippen molar-refractivity contribution in [2.75, 3.05) is 11.9 Å². The van der Waals surface area contributed by atoms with Crippen LogP contribution in [0.5, 0.6) is 0 Å². The van der Waals surface area contributed by atoms with E-state index in [1.807, 2.05) is 51.1 Å². The fourth-order valence-electron chi connectivity index (χ4n) is 2.86. The standard InChI is InChI=1S/C18H24N4O2/c1-18(2,3)17-20-15(24-21-17)12-22-11-7-10-14(22)16(23)19-13-8-5-4-6-9-13/h4-6,8-9,14H,7,10-12H2,1-3H3,(H,19,23)/t14-/m1/s1. The zero-order valence-electron chi connectivity index (χ0n) is 14.5. The van der Waals surface area contributed by atoms with Gasteiger partial charge in [0.05, 0.1) is 12.6 Å².